The summed E-state index contributed by atoms with van der Waals surface area (Å²) in [6, 6.07) is 6.18. The highest BCUT2D eigenvalue weighted by Crippen LogP contribution is 2.22. The van der Waals surface area contributed by atoms with E-state index in [1.807, 2.05) is 6.07 Å². The number of rotatable bonds is 7. The molecule has 106 valence electrons. The van der Waals surface area contributed by atoms with Gasteiger partial charge in [-0.15, -0.1) is 0 Å². The van der Waals surface area contributed by atoms with Gasteiger partial charge in [0.2, 0.25) is 0 Å². The number of guanidine groups is 1. The molecule has 0 saturated carbocycles. The minimum atomic E-state index is 0.522. The van der Waals surface area contributed by atoms with Crippen molar-refractivity contribution in [3.8, 4) is 5.75 Å². The fourth-order valence-corrected chi connectivity index (χ4v) is 1.78. The number of ether oxygens (including phenoxy) is 1. The Morgan fingerprint density at radius 1 is 1.32 bits per heavy atom. The van der Waals surface area contributed by atoms with Crippen molar-refractivity contribution in [3.05, 3.63) is 29.3 Å². The predicted molar refractivity (Wildman–Crippen MR) is 80.8 cm³/mol. The maximum atomic E-state index is 5.81. The van der Waals surface area contributed by atoms with Crippen molar-refractivity contribution in [2.24, 2.45) is 10.7 Å². The summed E-state index contributed by atoms with van der Waals surface area (Å²) >= 11 is 0. The summed E-state index contributed by atoms with van der Waals surface area (Å²) in [7, 11) is 0. The lowest BCUT2D eigenvalue weighted by molar-refractivity contribution is 0.307. The maximum absolute atomic E-state index is 5.81. The molecule has 0 aromatic heterocycles. The van der Waals surface area contributed by atoms with E-state index in [4.69, 9.17) is 10.5 Å². The third kappa shape index (κ3) is 5.64. The van der Waals surface area contributed by atoms with Gasteiger partial charge in [-0.05, 0) is 37.8 Å². The molecule has 1 rings (SSSR count). The third-order valence-electron chi connectivity index (χ3n) is 2.79. The number of nitrogens with one attached hydrogen (secondary N) is 1. The molecule has 0 amide bonds. The summed E-state index contributed by atoms with van der Waals surface area (Å²) < 4.78 is 5.81. The first-order valence-corrected chi connectivity index (χ1v) is 6.88. The molecule has 0 aliphatic rings. The molecule has 0 bridgehead atoms. The molecule has 0 saturated heterocycles. The van der Waals surface area contributed by atoms with Crippen LogP contribution >= 0.6 is 0 Å². The van der Waals surface area contributed by atoms with Gasteiger partial charge >= 0.3 is 0 Å². The van der Waals surface area contributed by atoms with Crippen molar-refractivity contribution in [2.75, 3.05) is 19.7 Å². The number of nitrogens with zero attached hydrogens (tertiary/aromatic N) is 1. The van der Waals surface area contributed by atoms with Crippen molar-refractivity contribution in [3.63, 3.8) is 0 Å². The monoisotopic (exact) mass is 263 g/mol. The summed E-state index contributed by atoms with van der Waals surface area (Å²) in [5.74, 6) is 1.52. The second-order valence-corrected chi connectivity index (χ2v) is 4.62. The topological polar surface area (TPSA) is 59.6 Å². The van der Waals surface area contributed by atoms with E-state index in [9.17, 15) is 0 Å². The van der Waals surface area contributed by atoms with Crippen LogP contribution in [0, 0.1) is 13.8 Å². The zero-order valence-electron chi connectivity index (χ0n) is 12.2. The van der Waals surface area contributed by atoms with Crippen LogP contribution in [0.1, 0.15) is 30.9 Å². The quantitative estimate of drug-likeness (QED) is 0.451. The van der Waals surface area contributed by atoms with Gasteiger partial charge in [-0.25, -0.2) is 0 Å². The first-order valence-electron chi connectivity index (χ1n) is 6.88. The van der Waals surface area contributed by atoms with E-state index < -0.39 is 0 Å². The zero-order valence-corrected chi connectivity index (χ0v) is 12.2. The Labute approximate surface area is 116 Å². The molecule has 3 N–H and O–H groups in total. The van der Waals surface area contributed by atoms with Gasteiger partial charge < -0.3 is 15.8 Å². The van der Waals surface area contributed by atoms with Crippen LogP contribution in [0.4, 0.5) is 0 Å². The van der Waals surface area contributed by atoms with Gasteiger partial charge in [0.1, 0.15) is 5.75 Å². The number of hydrogen-bond acceptors (Lipinski definition) is 2. The molecule has 0 radical (unpaired) electrons. The number of para-hydroxylation sites is 1. The van der Waals surface area contributed by atoms with E-state index in [2.05, 4.69) is 43.2 Å². The standard InChI is InChI=1S/C15H25N3O/c1-4-9-17-15(16)18-10-6-11-19-14-12(2)7-5-8-13(14)3/h5,7-8H,4,6,9-11H2,1-3H3,(H3,16,17,18). The second-order valence-electron chi connectivity index (χ2n) is 4.62. The highest BCUT2D eigenvalue weighted by Gasteiger charge is 2.02. The van der Waals surface area contributed by atoms with Crippen LogP contribution in [0.3, 0.4) is 0 Å². The van der Waals surface area contributed by atoms with Crippen LogP contribution in [0.5, 0.6) is 5.75 Å². The lowest BCUT2D eigenvalue weighted by Crippen LogP contribution is -2.33. The summed E-state index contributed by atoms with van der Waals surface area (Å²) in [5.41, 5.74) is 8.05. The van der Waals surface area contributed by atoms with Crippen LogP contribution in [-0.4, -0.2) is 25.7 Å². The first-order chi connectivity index (χ1) is 9.15. The van der Waals surface area contributed by atoms with Crippen LogP contribution < -0.4 is 15.8 Å². The van der Waals surface area contributed by atoms with Crippen LogP contribution in [0.15, 0.2) is 23.2 Å². The number of aryl methyl sites for hydroxylation is 2. The average molecular weight is 263 g/mol. The lowest BCUT2D eigenvalue weighted by Gasteiger charge is -2.12. The smallest absolute Gasteiger partial charge is 0.188 e. The highest BCUT2D eigenvalue weighted by molar-refractivity contribution is 5.77. The number of nitrogens with two attached hydrogens (primary N) is 1. The van der Waals surface area contributed by atoms with Crippen molar-refractivity contribution in [2.45, 2.75) is 33.6 Å². The van der Waals surface area contributed by atoms with E-state index >= 15 is 0 Å². The average Bonchev–Trinajstić information content (AvgIpc) is 2.39. The molecule has 1 aromatic carbocycles. The van der Waals surface area contributed by atoms with Crippen LogP contribution in [0.2, 0.25) is 0 Å². The predicted octanol–water partition coefficient (Wildman–Crippen LogP) is 2.39. The van der Waals surface area contributed by atoms with E-state index in [1.54, 1.807) is 0 Å². The summed E-state index contributed by atoms with van der Waals surface area (Å²) in [4.78, 5) is 4.17. The first kappa shape index (κ1) is 15.3. The number of benzene rings is 1. The number of hydrogen-bond donors (Lipinski definition) is 2. The Morgan fingerprint density at radius 3 is 2.63 bits per heavy atom. The van der Waals surface area contributed by atoms with E-state index in [0.29, 0.717) is 12.6 Å². The van der Waals surface area contributed by atoms with Crippen molar-refractivity contribution >= 4 is 5.96 Å². The van der Waals surface area contributed by atoms with Gasteiger partial charge in [0.15, 0.2) is 5.96 Å². The summed E-state index contributed by atoms with van der Waals surface area (Å²) in [6.07, 6.45) is 1.91. The molecule has 4 heteroatoms. The molecule has 1 aromatic rings. The fourth-order valence-electron chi connectivity index (χ4n) is 1.78. The highest BCUT2D eigenvalue weighted by atomic mass is 16.5. The molecule has 0 fully saturated rings. The molecule has 0 aliphatic heterocycles. The fraction of sp³-hybridized carbons (Fsp3) is 0.533. The summed E-state index contributed by atoms with van der Waals surface area (Å²) in [6.45, 7) is 8.45. The Morgan fingerprint density at radius 2 is 2.00 bits per heavy atom. The Bertz CT molecular complexity index is 396. The molecule has 0 atom stereocenters. The lowest BCUT2D eigenvalue weighted by atomic mass is 10.1. The second kappa shape index (κ2) is 8.40. The molecular formula is C15H25N3O. The van der Waals surface area contributed by atoms with Gasteiger partial charge in [0.25, 0.3) is 0 Å². The minimum absolute atomic E-state index is 0.522. The Kier molecular flexibility index (Phi) is 6.79. The molecule has 0 heterocycles. The van der Waals surface area contributed by atoms with Crippen molar-refractivity contribution < 1.29 is 4.74 Å². The van der Waals surface area contributed by atoms with Gasteiger partial charge in [-0.1, -0.05) is 25.1 Å². The molecule has 0 spiro atoms. The van der Waals surface area contributed by atoms with Gasteiger partial charge in [-0.2, -0.15) is 0 Å². The van der Waals surface area contributed by atoms with Gasteiger partial charge in [-0.3, -0.25) is 4.99 Å². The Hall–Kier alpha value is -1.71. The molecule has 4 nitrogen and oxygen atoms in total. The summed E-state index contributed by atoms with van der Waals surface area (Å²) in [5, 5.41) is 3.08. The van der Waals surface area contributed by atoms with Gasteiger partial charge in [0, 0.05) is 13.1 Å². The van der Waals surface area contributed by atoms with E-state index in [0.717, 1.165) is 31.7 Å². The normalized spacial score (nSPS) is 11.4. The van der Waals surface area contributed by atoms with E-state index in [-0.39, 0.29) is 0 Å². The van der Waals surface area contributed by atoms with E-state index in [1.165, 1.54) is 11.1 Å². The third-order valence-corrected chi connectivity index (χ3v) is 2.79. The molecular weight excluding hydrogens is 238 g/mol. The van der Waals surface area contributed by atoms with Gasteiger partial charge in [0.05, 0.1) is 6.61 Å². The molecule has 0 unspecified atom stereocenters. The maximum Gasteiger partial charge on any atom is 0.188 e. The molecule has 19 heavy (non-hydrogen) atoms. The molecule has 0 aliphatic carbocycles. The van der Waals surface area contributed by atoms with Crippen molar-refractivity contribution in [1.82, 2.24) is 5.32 Å². The Balaban J connectivity index is 2.24. The zero-order chi connectivity index (χ0) is 14.1. The van der Waals surface area contributed by atoms with Crippen LogP contribution in [-0.2, 0) is 0 Å². The SMILES string of the molecule is CCCN=C(N)NCCCOc1c(C)cccc1C. The number of aliphatic imine (C=N–C) groups is 1. The largest absolute Gasteiger partial charge is 0.493 e. The minimum Gasteiger partial charge on any atom is -0.493 e. The van der Waals surface area contributed by atoms with Crippen molar-refractivity contribution in [1.29, 1.82) is 0 Å². The van der Waals surface area contributed by atoms with Crippen LogP contribution in [0.25, 0.3) is 0 Å².